The largest absolute Gasteiger partial charge is 0.383 e. The smallest absolute Gasteiger partial charge is 0.0589 e. The lowest BCUT2D eigenvalue weighted by Crippen LogP contribution is -2.41. The fraction of sp³-hybridized carbons (Fsp3) is 1.00. The third-order valence-electron chi connectivity index (χ3n) is 4.04. The molecule has 1 fully saturated rings. The van der Waals surface area contributed by atoms with Crippen molar-refractivity contribution in [3.8, 4) is 0 Å². The fourth-order valence-electron chi connectivity index (χ4n) is 3.18. The van der Waals surface area contributed by atoms with E-state index in [2.05, 4.69) is 31.0 Å². The van der Waals surface area contributed by atoms with Crippen LogP contribution in [-0.2, 0) is 4.74 Å². The molecule has 114 valence electrons. The SMILES string of the molecule is CCCNC1CCCC1CN(CCOC)CC(C)C. The van der Waals surface area contributed by atoms with Gasteiger partial charge in [-0.05, 0) is 37.6 Å². The van der Waals surface area contributed by atoms with E-state index in [9.17, 15) is 0 Å². The maximum atomic E-state index is 5.25. The molecule has 1 aliphatic carbocycles. The van der Waals surface area contributed by atoms with E-state index >= 15 is 0 Å². The molecule has 19 heavy (non-hydrogen) atoms. The molecule has 1 saturated carbocycles. The molecule has 0 radical (unpaired) electrons. The highest BCUT2D eigenvalue weighted by molar-refractivity contribution is 4.85. The molecule has 1 rings (SSSR count). The Kier molecular flexibility index (Phi) is 8.67. The van der Waals surface area contributed by atoms with Crippen LogP contribution >= 0.6 is 0 Å². The molecular formula is C16H34N2O. The topological polar surface area (TPSA) is 24.5 Å². The highest BCUT2D eigenvalue weighted by atomic mass is 16.5. The van der Waals surface area contributed by atoms with Gasteiger partial charge >= 0.3 is 0 Å². The third-order valence-corrected chi connectivity index (χ3v) is 4.04. The van der Waals surface area contributed by atoms with Gasteiger partial charge in [0.1, 0.15) is 0 Å². The van der Waals surface area contributed by atoms with Crippen LogP contribution < -0.4 is 5.32 Å². The van der Waals surface area contributed by atoms with Gasteiger partial charge in [-0.25, -0.2) is 0 Å². The maximum Gasteiger partial charge on any atom is 0.0589 e. The standard InChI is InChI=1S/C16H34N2O/c1-5-9-17-16-8-6-7-15(16)13-18(10-11-19-4)12-14(2)3/h14-17H,5-13H2,1-4H3. The van der Waals surface area contributed by atoms with E-state index in [4.69, 9.17) is 4.74 Å². The number of methoxy groups -OCH3 is 1. The zero-order valence-electron chi connectivity index (χ0n) is 13.5. The van der Waals surface area contributed by atoms with Crippen LogP contribution in [0.5, 0.6) is 0 Å². The highest BCUT2D eigenvalue weighted by Crippen LogP contribution is 2.26. The average Bonchev–Trinajstić information content (AvgIpc) is 2.80. The van der Waals surface area contributed by atoms with Crippen molar-refractivity contribution >= 4 is 0 Å². The Hall–Kier alpha value is -0.120. The van der Waals surface area contributed by atoms with E-state index in [1.54, 1.807) is 7.11 Å². The molecule has 0 aromatic rings. The lowest BCUT2D eigenvalue weighted by molar-refractivity contribution is 0.124. The van der Waals surface area contributed by atoms with Crippen molar-refractivity contribution in [3.05, 3.63) is 0 Å². The highest BCUT2D eigenvalue weighted by Gasteiger charge is 2.28. The lowest BCUT2D eigenvalue weighted by Gasteiger charge is -2.30. The second-order valence-electron chi connectivity index (χ2n) is 6.40. The van der Waals surface area contributed by atoms with Gasteiger partial charge in [-0.3, -0.25) is 0 Å². The Morgan fingerprint density at radius 3 is 2.74 bits per heavy atom. The maximum absolute atomic E-state index is 5.25. The summed E-state index contributed by atoms with van der Waals surface area (Å²) in [6.45, 7) is 12.4. The summed E-state index contributed by atoms with van der Waals surface area (Å²) in [5.41, 5.74) is 0. The monoisotopic (exact) mass is 270 g/mol. The molecule has 0 bridgehead atoms. The summed E-state index contributed by atoms with van der Waals surface area (Å²) in [6.07, 6.45) is 5.39. The van der Waals surface area contributed by atoms with E-state index in [1.807, 2.05) is 0 Å². The van der Waals surface area contributed by atoms with Crippen molar-refractivity contribution < 1.29 is 4.74 Å². The first-order chi connectivity index (χ1) is 9.17. The van der Waals surface area contributed by atoms with Gasteiger partial charge in [-0.2, -0.15) is 0 Å². The first-order valence-electron chi connectivity index (χ1n) is 8.12. The zero-order valence-corrected chi connectivity index (χ0v) is 13.5. The van der Waals surface area contributed by atoms with E-state index in [1.165, 1.54) is 45.3 Å². The summed E-state index contributed by atoms with van der Waals surface area (Å²) in [4.78, 5) is 2.60. The Morgan fingerprint density at radius 1 is 1.32 bits per heavy atom. The Labute approximate surface area is 120 Å². The van der Waals surface area contributed by atoms with Crippen molar-refractivity contribution in [3.63, 3.8) is 0 Å². The van der Waals surface area contributed by atoms with Gasteiger partial charge in [0.05, 0.1) is 6.61 Å². The van der Waals surface area contributed by atoms with E-state index in [0.29, 0.717) is 0 Å². The Morgan fingerprint density at radius 2 is 2.11 bits per heavy atom. The van der Waals surface area contributed by atoms with E-state index in [0.717, 1.165) is 31.0 Å². The van der Waals surface area contributed by atoms with E-state index in [-0.39, 0.29) is 0 Å². The van der Waals surface area contributed by atoms with Crippen LogP contribution in [-0.4, -0.2) is 50.8 Å². The first kappa shape index (κ1) is 16.9. The van der Waals surface area contributed by atoms with Crippen LogP contribution in [0.25, 0.3) is 0 Å². The van der Waals surface area contributed by atoms with Crippen LogP contribution in [0.2, 0.25) is 0 Å². The van der Waals surface area contributed by atoms with Crippen molar-refractivity contribution in [2.75, 3.05) is 39.9 Å². The van der Waals surface area contributed by atoms with Crippen LogP contribution in [0.4, 0.5) is 0 Å². The molecule has 3 nitrogen and oxygen atoms in total. The van der Waals surface area contributed by atoms with Gasteiger partial charge in [0.2, 0.25) is 0 Å². The summed E-state index contributed by atoms with van der Waals surface area (Å²) in [7, 11) is 1.80. The van der Waals surface area contributed by atoms with Gasteiger partial charge in [0.15, 0.2) is 0 Å². The predicted molar refractivity (Wildman–Crippen MR) is 82.6 cm³/mol. The number of ether oxygens (including phenoxy) is 1. The molecule has 0 aliphatic heterocycles. The molecule has 1 N–H and O–H groups in total. The summed E-state index contributed by atoms with van der Waals surface area (Å²) in [5, 5.41) is 3.74. The number of nitrogens with one attached hydrogen (secondary N) is 1. The Bertz CT molecular complexity index is 221. The molecule has 2 atom stereocenters. The minimum absolute atomic E-state index is 0.736. The summed E-state index contributed by atoms with van der Waals surface area (Å²) in [6, 6.07) is 0.747. The number of nitrogens with zero attached hydrogens (tertiary/aromatic N) is 1. The van der Waals surface area contributed by atoms with Gasteiger partial charge in [0, 0.05) is 32.8 Å². The quantitative estimate of drug-likeness (QED) is 0.660. The molecular weight excluding hydrogens is 236 g/mol. The van der Waals surface area contributed by atoms with Crippen molar-refractivity contribution in [2.24, 2.45) is 11.8 Å². The average molecular weight is 270 g/mol. The molecule has 0 spiro atoms. The van der Waals surface area contributed by atoms with Crippen molar-refractivity contribution in [1.82, 2.24) is 10.2 Å². The second kappa shape index (κ2) is 9.73. The van der Waals surface area contributed by atoms with Crippen LogP contribution in [0, 0.1) is 11.8 Å². The predicted octanol–water partition coefficient (Wildman–Crippen LogP) is 2.76. The van der Waals surface area contributed by atoms with Gasteiger partial charge in [-0.15, -0.1) is 0 Å². The molecule has 3 heteroatoms. The minimum atomic E-state index is 0.736. The first-order valence-corrected chi connectivity index (χ1v) is 8.12. The molecule has 1 aliphatic rings. The molecule has 0 aromatic carbocycles. The molecule has 0 heterocycles. The third kappa shape index (κ3) is 6.73. The lowest BCUT2D eigenvalue weighted by atomic mass is 10.0. The van der Waals surface area contributed by atoms with Gasteiger partial charge in [0.25, 0.3) is 0 Å². The van der Waals surface area contributed by atoms with Crippen LogP contribution in [0.1, 0.15) is 46.5 Å². The fourth-order valence-corrected chi connectivity index (χ4v) is 3.18. The summed E-state index contributed by atoms with van der Waals surface area (Å²) >= 11 is 0. The Balaban J connectivity index is 2.41. The molecule has 0 amide bonds. The zero-order chi connectivity index (χ0) is 14.1. The molecule has 2 unspecified atom stereocenters. The van der Waals surface area contributed by atoms with Crippen molar-refractivity contribution in [2.45, 2.75) is 52.5 Å². The van der Waals surface area contributed by atoms with Gasteiger partial charge < -0.3 is 15.0 Å². The molecule has 0 saturated heterocycles. The second-order valence-corrected chi connectivity index (χ2v) is 6.40. The van der Waals surface area contributed by atoms with Crippen molar-refractivity contribution in [1.29, 1.82) is 0 Å². The normalized spacial score (nSPS) is 23.7. The number of hydrogen-bond acceptors (Lipinski definition) is 3. The van der Waals surface area contributed by atoms with E-state index < -0.39 is 0 Å². The number of hydrogen-bond donors (Lipinski definition) is 1. The van der Waals surface area contributed by atoms with Gasteiger partial charge in [-0.1, -0.05) is 27.2 Å². The summed E-state index contributed by atoms with van der Waals surface area (Å²) < 4.78 is 5.25. The van der Waals surface area contributed by atoms with Crippen LogP contribution in [0.3, 0.4) is 0 Å². The van der Waals surface area contributed by atoms with Crippen LogP contribution in [0.15, 0.2) is 0 Å². The summed E-state index contributed by atoms with van der Waals surface area (Å²) in [5.74, 6) is 1.57. The molecule has 0 aromatic heterocycles. The minimum Gasteiger partial charge on any atom is -0.383 e. The number of rotatable bonds is 10.